The van der Waals surface area contributed by atoms with Crippen molar-refractivity contribution in [2.75, 3.05) is 4.90 Å². The van der Waals surface area contributed by atoms with Crippen LogP contribution in [-0.2, 0) is 23.4 Å². The van der Waals surface area contributed by atoms with Gasteiger partial charge in [-0.2, -0.15) is 0 Å². The van der Waals surface area contributed by atoms with E-state index in [0.29, 0.717) is 13.2 Å². The van der Waals surface area contributed by atoms with Gasteiger partial charge in [-0.05, 0) is 66.4 Å². The molecule has 37 heavy (non-hydrogen) atoms. The third-order valence-electron chi connectivity index (χ3n) is 6.99. The van der Waals surface area contributed by atoms with Crippen LogP contribution in [0.2, 0.25) is 0 Å². The van der Waals surface area contributed by atoms with Crippen LogP contribution in [0.1, 0.15) is 29.7 Å². The average Bonchev–Trinajstić information content (AvgIpc) is 3.78. The van der Waals surface area contributed by atoms with Gasteiger partial charge in [-0.25, -0.2) is 4.98 Å². The third-order valence-corrected chi connectivity index (χ3v) is 6.99. The lowest BCUT2D eigenvalue weighted by Gasteiger charge is -2.28. The largest absolute Gasteiger partial charge is 0.487 e. The Morgan fingerprint density at radius 3 is 2.38 bits per heavy atom. The molecule has 0 atom stereocenters. The van der Waals surface area contributed by atoms with Gasteiger partial charge in [0.05, 0.1) is 23.2 Å². The lowest BCUT2D eigenvalue weighted by molar-refractivity contribution is -0.121. The highest BCUT2D eigenvalue weighted by Gasteiger charge is 2.53. The molecule has 1 aliphatic rings. The maximum absolute atomic E-state index is 14.0. The molecule has 0 saturated heterocycles. The first-order valence-electron chi connectivity index (χ1n) is 12.6. The average molecular weight is 486 g/mol. The summed E-state index contributed by atoms with van der Waals surface area (Å²) in [7, 11) is 0. The van der Waals surface area contributed by atoms with Gasteiger partial charge in [0, 0.05) is 23.5 Å². The predicted molar refractivity (Wildman–Crippen MR) is 145 cm³/mol. The van der Waals surface area contributed by atoms with Gasteiger partial charge in [-0.15, -0.1) is 0 Å². The molecule has 0 bridgehead atoms. The number of nitrogens with zero attached hydrogens (tertiary/aromatic N) is 3. The van der Waals surface area contributed by atoms with E-state index in [-0.39, 0.29) is 5.91 Å². The number of hydrogen-bond acceptors (Lipinski definition) is 4. The van der Waals surface area contributed by atoms with E-state index in [1.807, 2.05) is 96.0 Å². The molecule has 1 aliphatic carbocycles. The molecule has 5 nitrogen and oxygen atoms in total. The van der Waals surface area contributed by atoms with Crippen molar-refractivity contribution in [3.8, 4) is 5.75 Å². The molecule has 0 spiro atoms. The normalized spacial score (nSPS) is 13.7. The van der Waals surface area contributed by atoms with Crippen LogP contribution in [0, 0.1) is 0 Å². The van der Waals surface area contributed by atoms with Crippen molar-refractivity contribution < 1.29 is 9.53 Å². The topological polar surface area (TPSA) is 55.3 Å². The molecule has 1 saturated carbocycles. The number of fused-ring (bicyclic) bond motifs is 1. The van der Waals surface area contributed by atoms with E-state index in [4.69, 9.17) is 4.74 Å². The molecule has 3 aromatic carbocycles. The fraction of sp³-hybridized carbons (Fsp3) is 0.156. The predicted octanol–water partition coefficient (Wildman–Crippen LogP) is 6.47. The molecular weight excluding hydrogens is 458 g/mol. The fourth-order valence-electron chi connectivity index (χ4n) is 4.79. The Morgan fingerprint density at radius 2 is 1.62 bits per heavy atom. The minimum Gasteiger partial charge on any atom is -0.487 e. The minimum absolute atomic E-state index is 0.122. The molecule has 0 aliphatic heterocycles. The van der Waals surface area contributed by atoms with Gasteiger partial charge in [0.25, 0.3) is 0 Å². The van der Waals surface area contributed by atoms with Crippen molar-refractivity contribution >= 4 is 22.5 Å². The first kappa shape index (κ1) is 22.9. The van der Waals surface area contributed by atoms with Gasteiger partial charge in [0.1, 0.15) is 12.4 Å². The van der Waals surface area contributed by atoms with Crippen LogP contribution in [0.5, 0.6) is 5.75 Å². The second-order valence-electron chi connectivity index (χ2n) is 9.48. The maximum Gasteiger partial charge on any atom is 0.237 e. The van der Waals surface area contributed by atoms with Crippen LogP contribution < -0.4 is 9.64 Å². The van der Waals surface area contributed by atoms with E-state index in [9.17, 15) is 4.79 Å². The smallest absolute Gasteiger partial charge is 0.237 e. The Hall–Kier alpha value is -4.51. The van der Waals surface area contributed by atoms with Gasteiger partial charge in [-0.1, -0.05) is 60.7 Å². The van der Waals surface area contributed by atoms with E-state index < -0.39 is 5.41 Å². The molecule has 2 aromatic heterocycles. The standard InChI is InChI=1S/C32H27N3O2/c36-31(32(18-19-32)26-9-2-1-3-10-26)35(22-24-7-6-20-33-21-24)28-14-16-29(17-15-28)37-23-27-13-12-25-8-4-5-11-30(25)34-27/h1-17,20-21H,18-19,22-23H2. The highest BCUT2D eigenvalue weighted by Crippen LogP contribution is 2.50. The second-order valence-corrected chi connectivity index (χ2v) is 9.48. The summed E-state index contributed by atoms with van der Waals surface area (Å²) in [5.41, 5.74) is 4.28. The van der Waals surface area contributed by atoms with Crippen molar-refractivity contribution in [3.63, 3.8) is 0 Å². The number of hydrogen-bond donors (Lipinski definition) is 0. The molecule has 1 amide bonds. The van der Waals surface area contributed by atoms with Gasteiger partial charge >= 0.3 is 0 Å². The Bertz CT molecular complexity index is 1510. The van der Waals surface area contributed by atoms with Crippen molar-refractivity contribution in [2.24, 2.45) is 0 Å². The maximum atomic E-state index is 14.0. The van der Waals surface area contributed by atoms with Gasteiger partial charge < -0.3 is 9.64 Å². The molecule has 5 aromatic rings. The number of anilines is 1. The lowest BCUT2D eigenvalue weighted by atomic mass is 9.94. The van der Waals surface area contributed by atoms with Gasteiger partial charge in [0.2, 0.25) is 5.91 Å². The van der Waals surface area contributed by atoms with Crippen LogP contribution in [0.25, 0.3) is 10.9 Å². The summed E-state index contributed by atoms with van der Waals surface area (Å²) in [5, 5.41) is 1.11. The van der Waals surface area contributed by atoms with Gasteiger partial charge in [0.15, 0.2) is 0 Å². The number of carbonyl (C=O) groups excluding carboxylic acids is 1. The second kappa shape index (κ2) is 9.86. The molecule has 5 heteroatoms. The van der Waals surface area contributed by atoms with Crippen molar-refractivity contribution in [1.29, 1.82) is 0 Å². The molecule has 0 unspecified atom stereocenters. The quantitative estimate of drug-likeness (QED) is 0.253. The number of ether oxygens (including phenoxy) is 1. The minimum atomic E-state index is -0.458. The zero-order valence-corrected chi connectivity index (χ0v) is 20.5. The summed E-state index contributed by atoms with van der Waals surface area (Å²) < 4.78 is 6.03. The molecular formula is C32H27N3O2. The Balaban J connectivity index is 1.23. The summed E-state index contributed by atoms with van der Waals surface area (Å²) in [6.07, 6.45) is 5.29. The molecule has 2 heterocycles. The number of amides is 1. The number of para-hydroxylation sites is 1. The van der Waals surface area contributed by atoms with Gasteiger partial charge in [-0.3, -0.25) is 9.78 Å². The summed E-state index contributed by atoms with van der Waals surface area (Å²) in [6, 6.07) is 33.9. The van der Waals surface area contributed by atoms with E-state index >= 15 is 0 Å². The third kappa shape index (κ3) is 4.81. The van der Waals surface area contributed by atoms with Crippen molar-refractivity contribution in [3.05, 3.63) is 132 Å². The van der Waals surface area contributed by atoms with E-state index in [0.717, 1.165) is 52.0 Å². The van der Waals surface area contributed by atoms with E-state index in [2.05, 4.69) is 28.2 Å². The summed E-state index contributed by atoms with van der Waals surface area (Å²) in [6.45, 7) is 0.835. The van der Waals surface area contributed by atoms with Crippen molar-refractivity contribution in [1.82, 2.24) is 9.97 Å². The molecule has 1 fully saturated rings. The Morgan fingerprint density at radius 1 is 0.838 bits per heavy atom. The monoisotopic (exact) mass is 485 g/mol. The summed E-state index contributed by atoms with van der Waals surface area (Å²) >= 11 is 0. The highest BCUT2D eigenvalue weighted by atomic mass is 16.5. The Labute approximate surface area is 216 Å². The first-order chi connectivity index (χ1) is 18.2. The van der Waals surface area contributed by atoms with E-state index in [1.54, 1.807) is 6.20 Å². The van der Waals surface area contributed by atoms with Crippen molar-refractivity contribution in [2.45, 2.75) is 31.4 Å². The molecule has 6 rings (SSSR count). The van der Waals surface area contributed by atoms with Crippen LogP contribution >= 0.6 is 0 Å². The van der Waals surface area contributed by atoms with Crippen LogP contribution in [0.4, 0.5) is 5.69 Å². The zero-order chi connectivity index (χ0) is 25.1. The van der Waals surface area contributed by atoms with Crippen LogP contribution in [0.3, 0.4) is 0 Å². The fourth-order valence-corrected chi connectivity index (χ4v) is 4.79. The Kier molecular flexibility index (Phi) is 6.11. The van der Waals surface area contributed by atoms with E-state index in [1.165, 1.54) is 0 Å². The zero-order valence-electron chi connectivity index (χ0n) is 20.5. The highest BCUT2D eigenvalue weighted by molar-refractivity contribution is 6.03. The summed E-state index contributed by atoms with van der Waals surface area (Å²) in [4.78, 5) is 24.8. The summed E-state index contributed by atoms with van der Waals surface area (Å²) in [5.74, 6) is 0.855. The number of aromatic nitrogens is 2. The lowest BCUT2D eigenvalue weighted by Crippen LogP contribution is -2.39. The number of pyridine rings is 2. The number of rotatable bonds is 8. The number of benzene rings is 3. The molecule has 0 radical (unpaired) electrons. The first-order valence-corrected chi connectivity index (χ1v) is 12.6. The number of carbonyl (C=O) groups is 1. The van der Waals surface area contributed by atoms with Crippen LogP contribution in [-0.4, -0.2) is 15.9 Å². The molecule has 182 valence electrons. The SMILES string of the molecule is O=C(N(Cc1cccnc1)c1ccc(OCc2ccc3ccccc3n2)cc1)C1(c2ccccc2)CC1. The molecule has 0 N–H and O–H groups in total. The van der Waals surface area contributed by atoms with Crippen LogP contribution in [0.15, 0.2) is 116 Å².